The minimum absolute atomic E-state index is 0.328. The molecule has 0 N–H and O–H groups in total. The smallest absolute Gasteiger partial charge is 0.373 e. The predicted octanol–water partition coefficient (Wildman–Crippen LogP) is 8.06. The first-order chi connectivity index (χ1) is 21.2. The molecular formula is C22H10F18O6S2. The van der Waals surface area contributed by atoms with Crippen LogP contribution in [-0.4, -0.2) is 63.4 Å². The minimum atomic E-state index is -8.12. The fourth-order valence-electron chi connectivity index (χ4n) is 2.97. The molecule has 48 heavy (non-hydrogen) atoms. The Balaban J connectivity index is 3.01. The molecule has 0 fully saturated rings. The predicted molar refractivity (Wildman–Crippen MR) is 121 cm³/mol. The van der Waals surface area contributed by atoms with Crippen LogP contribution in [0, 0.1) is 0 Å². The average molecular weight is 776 g/mol. The van der Waals surface area contributed by atoms with E-state index in [1.807, 2.05) is 0 Å². The van der Waals surface area contributed by atoms with Crippen LogP contribution in [0.3, 0.4) is 0 Å². The third-order valence-electron chi connectivity index (χ3n) is 5.52. The lowest BCUT2D eigenvalue weighted by atomic mass is 10.1. The highest BCUT2D eigenvalue weighted by Crippen LogP contribution is 2.57. The van der Waals surface area contributed by atoms with Crippen LogP contribution in [0.4, 0.5) is 79.0 Å². The summed E-state index contributed by atoms with van der Waals surface area (Å²) in [6.45, 7) is 0. The standard InChI is InChI=1S/C22H10F18O6S2/c23-15(24,19(31,32)33)17(27,28)21(37,38)47(41,42)45-13(11-7-3-1-4-8-11)14(12-9-5-2-6-10-12)46-48(43,44)22(39,40)18(29,30)16(25,26)20(34,35)36/h1-10H. The molecular weight excluding hydrogens is 766 g/mol. The SMILES string of the molecule is O=S(=O)(OC(=C(OS(=O)(=O)C(F)(F)C(F)(F)C(F)(F)C(F)(F)F)c1ccccc1)c1ccccc1)C(F)(F)C(F)(F)C(F)(F)C(F)(F)F. The molecule has 6 nitrogen and oxygen atoms in total. The summed E-state index contributed by atoms with van der Waals surface area (Å²) in [5.41, 5.74) is -2.76. The van der Waals surface area contributed by atoms with E-state index >= 15 is 0 Å². The largest absolute Gasteiger partial charge is 0.460 e. The molecule has 2 rings (SSSR count). The summed E-state index contributed by atoms with van der Waals surface area (Å²) >= 11 is 0. The average Bonchev–Trinajstić information content (AvgIpc) is 2.94. The molecule has 0 aliphatic heterocycles. The molecule has 0 bridgehead atoms. The lowest BCUT2D eigenvalue weighted by molar-refractivity contribution is -0.382. The maximum absolute atomic E-state index is 14.4. The van der Waals surface area contributed by atoms with Crippen molar-refractivity contribution in [2.45, 2.75) is 46.6 Å². The zero-order chi connectivity index (χ0) is 37.8. The molecule has 0 atom stereocenters. The quantitative estimate of drug-likeness (QED) is 0.0939. The van der Waals surface area contributed by atoms with Crippen LogP contribution in [-0.2, 0) is 28.6 Å². The highest BCUT2D eigenvalue weighted by molar-refractivity contribution is 7.88. The Labute approximate surface area is 254 Å². The van der Waals surface area contributed by atoms with Crippen molar-refractivity contribution in [3.05, 3.63) is 71.8 Å². The van der Waals surface area contributed by atoms with Gasteiger partial charge >= 0.3 is 66.8 Å². The molecule has 272 valence electrons. The van der Waals surface area contributed by atoms with E-state index in [1.165, 1.54) is 0 Å². The van der Waals surface area contributed by atoms with E-state index in [2.05, 4.69) is 8.37 Å². The Bertz CT molecular complexity index is 1590. The van der Waals surface area contributed by atoms with Gasteiger partial charge in [0.25, 0.3) is 0 Å². The van der Waals surface area contributed by atoms with Crippen molar-refractivity contribution in [1.29, 1.82) is 0 Å². The van der Waals surface area contributed by atoms with E-state index in [4.69, 9.17) is 0 Å². The topological polar surface area (TPSA) is 86.7 Å². The van der Waals surface area contributed by atoms with Crippen LogP contribution < -0.4 is 0 Å². The lowest BCUT2D eigenvalue weighted by Crippen LogP contribution is -2.63. The van der Waals surface area contributed by atoms with E-state index in [1.54, 1.807) is 0 Å². The number of hydrogen-bond acceptors (Lipinski definition) is 6. The second-order valence-corrected chi connectivity index (χ2v) is 12.0. The first kappa shape index (κ1) is 40.6. The van der Waals surface area contributed by atoms with E-state index in [-0.39, 0.29) is 0 Å². The number of hydrogen-bond donors (Lipinski definition) is 0. The van der Waals surface area contributed by atoms with Crippen molar-refractivity contribution < 1.29 is 104 Å². The van der Waals surface area contributed by atoms with Gasteiger partial charge in [-0.2, -0.15) is 95.9 Å². The maximum Gasteiger partial charge on any atom is 0.460 e. The van der Waals surface area contributed by atoms with Gasteiger partial charge in [0, 0.05) is 11.1 Å². The molecule has 0 spiro atoms. The Morgan fingerprint density at radius 3 is 0.833 bits per heavy atom. The van der Waals surface area contributed by atoms with Crippen LogP contribution in [0.5, 0.6) is 0 Å². The first-order valence-corrected chi connectivity index (χ1v) is 14.1. The molecule has 26 heteroatoms. The van der Waals surface area contributed by atoms with Crippen molar-refractivity contribution >= 4 is 31.8 Å². The molecule has 2 aromatic rings. The summed E-state index contributed by atoms with van der Waals surface area (Å²) in [5, 5.41) is -15.5. The maximum atomic E-state index is 14.4. The number of alkyl halides is 18. The first-order valence-electron chi connectivity index (χ1n) is 11.3. The van der Waals surface area contributed by atoms with Gasteiger partial charge in [0.05, 0.1) is 0 Å². The van der Waals surface area contributed by atoms with Gasteiger partial charge in [0.1, 0.15) is 0 Å². The number of benzene rings is 2. The number of halogens is 18. The van der Waals surface area contributed by atoms with Crippen LogP contribution in [0.25, 0.3) is 11.5 Å². The van der Waals surface area contributed by atoms with Crippen molar-refractivity contribution in [3.8, 4) is 0 Å². The van der Waals surface area contributed by atoms with Gasteiger partial charge in [-0.25, -0.2) is 0 Å². The van der Waals surface area contributed by atoms with Crippen LogP contribution in [0.15, 0.2) is 60.7 Å². The van der Waals surface area contributed by atoms with E-state index in [0.29, 0.717) is 48.5 Å². The van der Waals surface area contributed by atoms with Gasteiger partial charge in [-0.1, -0.05) is 60.7 Å². The van der Waals surface area contributed by atoms with Gasteiger partial charge < -0.3 is 8.37 Å². The Hall–Kier alpha value is -3.58. The fourth-order valence-corrected chi connectivity index (χ4v) is 4.85. The Morgan fingerprint density at radius 1 is 0.396 bits per heavy atom. The monoisotopic (exact) mass is 776 g/mol. The zero-order valence-electron chi connectivity index (χ0n) is 21.8. The zero-order valence-corrected chi connectivity index (χ0v) is 23.5. The highest BCUT2D eigenvalue weighted by atomic mass is 32.2. The van der Waals surface area contributed by atoms with Crippen molar-refractivity contribution in [3.63, 3.8) is 0 Å². The fraction of sp³-hybridized carbons (Fsp3) is 0.364. The van der Waals surface area contributed by atoms with Crippen LogP contribution >= 0.6 is 0 Å². The molecule has 0 unspecified atom stereocenters. The Morgan fingerprint density at radius 2 is 0.625 bits per heavy atom. The molecule has 0 heterocycles. The van der Waals surface area contributed by atoms with Crippen molar-refractivity contribution in [1.82, 2.24) is 0 Å². The van der Waals surface area contributed by atoms with Crippen molar-refractivity contribution in [2.24, 2.45) is 0 Å². The molecule has 2 aromatic carbocycles. The van der Waals surface area contributed by atoms with E-state index in [9.17, 15) is 95.9 Å². The number of rotatable bonds is 12. The minimum Gasteiger partial charge on any atom is -0.373 e. The van der Waals surface area contributed by atoms with Gasteiger partial charge in [-0.05, 0) is 0 Å². The second-order valence-electron chi connectivity index (χ2n) is 8.79. The molecule has 0 aromatic heterocycles. The second kappa shape index (κ2) is 12.1. The van der Waals surface area contributed by atoms with E-state index in [0.717, 1.165) is 12.1 Å². The van der Waals surface area contributed by atoms with Gasteiger partial charge in [-0.3, -0.25) is 0 Å². The molecule has 0 aliphatic rings. The summed E-state index contributed by atoms with van der Waals surface area (Å²) in [4.78, 5) is 0. The van der Waals surface area contributed by atoms with Gasteiger partial charge in [0.2, 0.25) is 0 Å². The van der Waals surface area contributed by atoms with Crippen LogP contribution in [0.2, 0.25) is 0 Å². The lowest BCUT2D eigenvalue weighted by Gasteiger charge is -2.33. The van der Waals surface area contributed by atoms with Gasteiger partial charge in [-0.15, -0.1) is 0 Å². The highest BCUT2D eigenvalue weighted by Gasteiger charge is 2.87. The van der Waals surface area contributed by atoms with E-state index < -0.39 is 89.4 Å². The summed E-state index contributed by atoms with van der Waals surface area (Å²) < 4.78 is 298. The molecule has 0 saturated carbocycles. The Kier molecular flexibility index (Phi) is 10.2. The molecule has 0 amide bonds. The summed E-state index contributed by atoms with van der Waals surface area (Å²) in [7, 11) is -16.2. The third kappa shape index (κ3) is 6.43. The molecule has 0 aliphatic carbocycles. The molecule has 0 radical (unpaired) electrons. The normalized spacial score (nSPS) is 15.5. The third-order valence-corrected chi connectivity index (χ3v) is 8.06. The summed E-state index contributed by atoms with van der Waals surface area (Å²) in [6.07, 6.45) is -15.2. The summed E-state index contributed by atoms with van der Waals surface area (Å²) in [6, 6.07) is 5.72. The summed E-state index contributed by atoms with van der Waals surface area (Å²) in [5.74, 6) is -36.9. The van der Waals surface area contributed by atoms with Crippen LogP contribution in [0.1, 0.15) is 11.1 Å². The van der Waals surface area contributed by atoms with Crippen molar-refractivity contribution in [2.75, 3.05) is 0 Å². The van der Waals surface area contributed by atoms with Gasteiger partial charge in [0.15, 0.2) is 11.5 Å². The molecule has 0 saturated heterocycles.